The molecule has 0 bridgehead atoms. The zero-order valence-corrected chi connectivity index (χ0v) is 11.4. The molecule has 0 aliphatic carbocycles. The quantitative estimate of drug-likeness (QED) is 0.897. The van der Waals surface area contributed by atoms with E-state index in [1.165, 1.54) is 17.0 Å². The van der Waals surface area contributed by atoms with Gasteiger partial charge in [-0.05, 0) is 26.0 Å². The Morgan fingerprint density at radius 3 is 2.85 bits per heavy atom. The van der Waals surface area contributed by atoms with Crippen LogP contribution in [0, 0.1) is 11.6 Å². The predicted octanol–water partition coefficient (Wildman–Crippen LogP) is 1.58. The molecule has 1 aromatic carbocycles. The maximum atomic E-state index is 13.7. The zero-order valence-electron chi connectivity index (χ0n) is 11.4. The first kappa shape index (κ1) is 14.9. The maximum absolute atomic E-state index is 13.7. The SMILES string of the molecule is CC1(C)CN(C(=O)c2cccc(F)c2F)CC(CO)O1. The molecule has 0 saturated carbocycles. The molecular formula is C14H17F2NO3. The first-order valence-electron chi connectivity index (χ1n) is 6.36. The molecule has 1 saturated heterocycles. The number of ether oxygens (including phenoxy) is 1. The molecule has 1 heterocycles. The van der Waals surface area contributed by atoms with Crippen LogP contribution in [0.5, 0.6) is 0 Å². The van der Waals surface area contributed by atoms with Gasteiger partial charge in [0.05, 0.1) is 23.9 Å². The van der Waals surface area contributed by atoms with Crippen LogP contribution in [0.25, 0.3) is 0 Å². The van der Waals surface area contributed by atoms with Crippen molar-refractivity contribution in [3.05, 3.63) is 35.4 Å². The van der Waals surface area contributed by atoms with Crippen molar-refractivity contribution >= 4 is 5.91 Å². The summed E-state index contributed by atoms with van der Waals surface area (Å²) in [6.45, 7) is 3.71. The molecule has 1 unspecified atom stereocenters. The molecule has 110 valence electrons. The Morgan fingerprint density at radius 1 is 1.50 bits per heavy atom. The summed E-state index contributed by atoms with van der Waals surface area (Å²) in [6.07, 6.45) is -0.528. The lowest BCUT2D eigenvalue weighted by Crippen LogP contribution is -2.55. The van der Waals surface area contributed by atoms with E-state index in [0.29, 0.717) is 0 Å². The lowest BCUT2D eigenvalue weighted by atomic mass is 10.0. The number of carbonyl (C=O) groups is 1. The number of hydrogen-bond acceptors (Lipinski definition) is 3. The van der Waals surface area contributed by atoms with Crippen LogP contribution < -0.4 is 0 Å². The molecule has 2 rings (SSSR count). The molecular weight excluding hydrogens is 268 g/mol. The van der Waals surface area contributed by atoms with Crippen molar-refractivity contribution in [2.45, 2.75) is 25.6 Å². The average Bonchev–Trinajstić information content (AvgIpc) is 2.39. The number of rotatable bonds is 2. The Bertz CT molecular complexity index is 519. The number of nitrogens with zero attached hydrogens (tertiary/aromatic N) is 1. The van der Waals surface area contributed by atoms with Crippen molar-refractivity contribution < 1.29 is 23.4 Å². The van der Waals surface area contributed by atoms with Crippen molar-refractivity contribution in [2.24, 2.45) is 0 Å². The number of morpholine rings is 1. The first-order valence-corrected chi connectivity index (χ1v) is 6.36. The van der Waals surface area contributed by atoms with E-state index < -0.39 is 29.2 Å². The van der Waals surface area contributed by atoms with Gasteiger partial charge < -0.3 is 14.7 Å². The summed E-state index contributed by atoms with van der Waals surface area (Å²) in [6, 6.07) is 3.50. The number of carbonyl (C=O) groups excluding carboxylic acids is 1. The van der Waals surface area contributed by atoms with E-state index >= 15 is 0 Å². The molecule has 0 radical (unpaired) electrons. The van der Waals surface area contributed by atoms with E-state index in [0.717, 1.165) is 6.07 Å². The second-order valence-electron chi connectivity index (χ2n) is 5.47. The van der Waals surface area contributed by atoms with E-state index in [1.54, 1.807) is 13.8 Å². The van der Waals surface area contributed by atoms with Gasteiger partial charge in [-0.25, -0.2) is 8.78 Å². The standard InChI is InChI=1S/C14H17F2NO3/c1-14(2)8-17(6-9(7-18)20-14)13(19)10-4-3-5-11(15)12(10)16/h3-5,9,18H,6-8H2,1-2H3. The summed E-state index contributed by atoms with van der Waals surface area (Å²) in [5.41, 5.74) is -0.954. The number of amides is 1. The Hall–Kier alpha value is -1.53. The molecule has 1 fully saturated rings. The van der Waals surface area contributed by atoms with Crippen LogP contribution in [0.2, 0.25) is 0 Å². The highest BCUT2D eigenvalue weighted by Crippen LogP contribution is 2.23. The van der Waals surface area contributed by atoms with Gasteiger partial charge in [0, 0.05) is 13.1 Å². The predicted molar refractivity (Wildman–Crippen MR) is 68.3 cm³/mol. The fraction of sp³-hybridized carbons (Fsp3) is 0.500. The third-order valence-electron chi connectivity index (χ3n) is 3.15. The van der Waals surface area contributed by atoms with Gasteiger partial charge >= 0.3 is 0 Å². The Morgan fingerprint density at radius 2 is 2.20 bits per heavy atom. The lowest BCUT2D eigenvalue weighted by Gasteiger charge is -2.42. The van der Waals surface area contributed by atoms with Crippen molar-refractivity contribution in [2.75, 3.05) is 19.7 Å². The summed E-state index contributed by atoms with van der Waals surface area (Å²) in [7, 11) is 0. The van der Waals surface area contributed by atoms with Gasteiger partial charge in [-0.1, -0.05) is 6.07 Å². The van der Waals surface area contributed by atoms with E-state index in [2.05, 4.69) is 0 Å². The van der Waals surface area contributed by atoms with Crippen LogP contribution in [-0.2, 0) is 4.74 Å². The third-order valence-corrected chi connectivity index (χ3v) is 3.15. The highest BCUT2D eigenvalue weighted by atomic mass is 19.2. The molecule has 1 N–H and O–H groups in total. The topological polar surface area (TPSA) is 49.8 Å². The van der Waals surface area contributed by atoms with Gasteiger partial charge in [-0.2, -0.15) is 0 Å². The molecule has 6 heteroatoms. The molecule has 1 aliphatic rings. The van der Waals surface area contributed by atoms with Crippen molar-refractivity contribution in [3.63, 3.8) is 0 Å². The highest BCUT2D eigenvalue weighted by Gasteiger charge is 2.36. The summed E-state index contributed by atoms with van der Waals surface area (Å²) in [4.78, 5) is 13.7. The minimum Gasteiger partial charge on any atom is -0.394 e. The van der Waals surface area contributed by atoms with E-state index in [-0.39, 0.29) is 25.3 Å². The monoisotopic (exact) mass is 285 g/mol. The fourth-order valence-electron chi connectivity index (χ4n) is 2.38. The normalized spacial score (nSPS) is 21.9. The minimum atomic E-state index is -1.15. The van der Waals surface area contributed by atoms with Crippen LogP contribution in [0.3, 0.4) is 0 Å². The zero-order chi connectivity index (χ0) is 14.9. The molecule has 4 nitrogen and oxygen atoms in total. The van der Waals surface area contributed by atoms with E-state index in [9.17, 15) is 18.7 Å². The van der Waals surface area contributed by atoms with Crippen LogP contribution >= 0.6 is 0 Å². The van der Waals surface area contributed by atoms with Crippen molar-refractivity contribution in [1.82, 2.24) is 4.90 Å². The van der Waals surface area contributed by atoms with Gasteiger partial charge in [-0.3, -0.25) is 4.79 Å². The van der Waals surface area contributed by atoms with E-state index in [1.807, 2.05) is 0 Å². The van der Waals surface area contributed by atoms with Gasteiger partial charge in [0.2, 0.25) is 0 Å². The molecule has 1 aliphatic heterocycles. The fourth-order valence-corrected chi connectivity index (χ4v) is 2.38. The van der Waals surface area contributed by atoms with Gasteiger partial charge in [0.1, 0.15) is 0 Å². The highest BCUT2D eigenvalue weighted by molar-refractivity contribution is 5.94. The van der Waals surface area contributed by atoms with Gasteiger partial charge in [0.15, 0.2) is 11.6 Å². The lowest BCUT2D eigenvalue weighted by molar-refractivity contribution is -0.139. The number of benzene rings is 1. The summed E-state index contributed by atoms with van der Waals surface area (Å²) >= 11 is 0. The van der Waals surface area contributed by atoms with Crippen molar-refractivity contribution in [3.8, 4) is 0 Å². The second-order valence-corrected chi connectivity index (χ2v) is 5.47. The van der Waals surface area contributed by atoms with Crippen molar-refractivity contribution in [1.29, 1.82) is 0 Å². The van der Waals surface area contributed by atoms with Crippen LogP contribution in [0.1, 0.15) is 24.2 Å². The third kappa shape index (κ3) is 2.96. The molecule has 1 atom stereocenters. The van der Waals surface area contributed by atoms with Crippen LogP contribution in [0.15, 0.2) is 18.2 Å². The molecule has 20 heavy (non-hydrogen) atoms. The number of hydrogen-bond donors (Lipinski definition) is 1. The number of aliphatic hydroxyl groups is 1. The summed E-state index contributed by atoms with van der Waals surface area (Å²) in [5.74, 6) is -2.80. The Balaban J connectivity index is 2.26. The maximum Gasteiger partial charge on any atom is 0.257 e. The number of aliphatic hydroxyl groups excluding tert-OH is 1. The molecule has 0 aromatic heterocycles. The first-order chi connectivity index (χ1) is 9.34. The molecule has 0 spiro atoms. The van der Waals surface area contributed by atoms with E-state index in [4.69, 9.17) is 4.74 Å². The smallest absolute Gasteiger partial charge is 0.257 e. The number of halogens is 2. The average molecular weight is 285 g/mol. The van der Waals surface area contributed by atoms with Gasteiger partial charge in [-0.15, -0.1) is 0 Å². The van der Waals surface area contributed by atoms with Crippen LogP contribution in [-0.4, -0.2) is 47.3 Å². The largest absolute Gasteiger partial charge is 0.394 e. The Labute approximate surface area is 116 Å². The molecule has 1 aromatic rings. The minimum absolute atomic E-state index is 0.148. The summed E-state index contributed by atoms with van der Waals surface area (Å²) < 4.78 is 32.4. The molecule has 1 amide bonds. The van der Waals surface area contributed by atoms with Gasteiger partial charge in [0.25, 0.3) is 5.91 Å². The Kier molecular flexibility index (Phi) is 4.06. The van der Waals surface area contributed by atoms with Crippen LogP contribution in [0.4, 0.5) is 8.78 Å². The second kappa shape index (κ2) is 5.46. The summed E-state index contributed by atoms with van der Waals surface area (Å²) in [5, 5.41) is 9.20.